The molecule has 0 aliphatic rings. The predicted molar refractivity (Wildman–Crippen MR) is 68.9 cm³/mol. The second-order valence-corrected chi connectivity index (χ2v) is 4.62. The summed E-state index contributed by atoms with van der Waals surface area (Å²) < 4.78 is 0. The Bertz CT molecular complexity index is 426. The fraction of sp³-hybridized carbons (Fsp3) is 0.500. The first-order valence-corrected chi connectivity index (χ1v) is 5.80. The maximum Gasteiger partial charge on any atom is 0.219 e. The largest absolute Gasteiger partial charge is 0.394 e. The number of carbonyl (C=O) groups excluding carboxylic acids is 1. The molecular weight excluding hydrogens is 214 g/mol. The highest BCUT2D eigenvalue weighted by Crippen LogP contribution is 2.25. The number of hydrogen-bond acceptors (Lipinski definition) is 2. The zero-order valence-corrected chi connectivity index (χ0v) is 11.2. The van der Waals surface area contributed by atoms with Crippen molar-refractivity contribution in [1.29, 1.82) is 0 Å². The van der Waals surface area contributed by atoms with Gasteiger partial charge in [0.25, 0.3) is 0 Å². The molecule has 1 N–H and O–H groups in total. The molecule has 1 aromatic rings. The van der Waals surface area contributed by atoms with Crippen LogP contribution < -0.4 is 0 Å². The lowest BCUT2D eigenvalue weighted by molar-refractivity contribution is -0.130. The highest BCUT2D eigenvalue weighted by Gasteiger charge is 2.20. The van der Waals surface area contributed by atoms with E-state index in [1.807, 2.05) is 13.8 Å². The fourth-order valence-corrected chi connectivity index (χ4v) is 1.99. The lowest BCUT2D eigenvalue weighted by Crippen LogP contribution is -2.31. The van der Waals surface area contributed by atoms with Gasteiger partial charge < -0.3 is 10.0 Å². The number of hydrogen-bond donors (Lipinski definition) is 1. The van der Waals surface area contributed by atoms with E-state index >= 15 is 0 Å². The summed E-state index contributed by atoms with van der Waals surface area (Å²) in [6, 6.07) is 3.90. The lowest BCUT2D eigenvalue weighted by Gasteiger charge is -2.27. The van der Waals surface area contributed by atoms with Crippen LogP contribution in [-0.4, -0.2) is 29.6 Å². The maximum atomic E-state index is 11.4. The van der Waals surface area contributed by atoms with Gasteiger partial charge in [-0.1, -0.05) is 12.1 Å². The Balaban J connectivity index is 3.21. The number of aliphatic hydroxyl groups excluding tert-OH is 1. The monoisotopic (exact) mass is 235 g/mol. The fourth-order valence-electron chi connectivity index (χ4n) is 1.99. The van der Waals surface area contributed by atoms with E-state index in [1.165, 1.54) is 18.1 Å². The van der Waals surface area contributed by atoms with Crippen molar-refractivity contribution in [3.05, 3.63) is 34.4 Å². The Morgan fingerprint density at radius 3 is 2.24 bits per heavy atom. The van der Waals surface area contributed by atoms with E-state index in [4.69, 9.17) is 0 Å². The third kappa shape index (κ3) is 2.86. The first kappa shape index (κ1) is 13.7. The van der Waals surface area contributed by atoms with Crippen LogP contribution in [0.2, 0.25) is 0 Å². The smallest absolute Gasteiger partial charge is 0.219 e. The molecule has 0 saturated heterocycles. The molecule has 3 heteroatoms. The van der Waals surface area contributed by atoms with Gasteiger partial charge in [0.1, 0.15) is 0 Å². The molecule has 0 spiro atoms. The molecule has 1 amide bonds. The van der Waals surface area contributed by atoms with Crippen LogP contribution in [-0.2, 0) is 4.79 Å². The van der Waals surface area contributed by atoms with E-state index in [2.05, 4.69) is 19.1 Å². The molecule has 1 unspecified atom stereocenters. The van der Waals surface area contributed by atoms with Crippen LogP contribution in [0.3, 0.4) is 0 Å². The quantitative estimate of drug-likeness (QED) is 0.871. The molecule has 94 valence electrons. The van der Waals surface area contributed by atoms with E-state index in [-0.39, 0.29) is 18.6 Å². The average Bonchev–Trinajstić information content (AvgIpc) is 2.25. The molecule has 0 aliphatic carbocycles. The van der Waals surface area contributed by atoms with Gasteiger partial charge in [0.15, 0.2) is 0 Å². The van der Waals surface area contributed by atoms with Crippen molar-refractivity contribution < 1.29 is 9.90 Å². The Morgan fingerprint density at radius 2 is 1.76 bits per heavy atom. The lowest BCUT2D eigenvalue weighted by atomic mass is 9.95. The van der Waals surface area contributed by atoms with Crippen LogP contribution in [0.1, 0.15) is 35.2 Å². The van der Waals surface area contributed by atoms with Crippen LogP contribution >= 0.6 is 0 Å². The van der Waals surface area contributed by atoms with Crippen molar-refractivity contribution in [2.24, 2.45) is 0 Å². The van der Waals surface area contributed by atoms with Crippen LogP contribution in [0.15, 0.2) is 12.1 Å². The summed E-state index contributed by atoms with van der Waals surface area (Å²) in [5.74, 6) is -0.0401. The molecule has 0 bridgehead atoms. The number of amides is 1. The van der Waals surface area contributed by atoms with E-state index in [0.717, 1.165) is 11.1 Å². The summed E-state index contributed by atoms with van der Waals surface area (Å²) in [6.07, 6.45) is 0. The van der Waals surface area contributed by atoms with Crippen molar-refractivity contribution >= 4 is 5.91 Å². The normalized spacial score (nSPS) is 12.4. The summed E-state index contributed by atoms with van der Waals surface area (Å²) in [5.41, 5.74) is 4.54. The van der Waals surface area contributed by atoms with Crippen molar-refractivity contribution in [2.45, 2.75) is 33.7 Å². The summed E-state index contributed by atoms with van der Waals surface area (Å²) in [4.78, 5) is 13.0. The van der Waals surface area contributed by atoms with Gasteiger partial charge in [0.05, 0.1) is 12.6 Å². The van der Waals surface area contributed by atoms with Crippen molar-refractivity contribution in [3.8, 4) is 0 Å². The highest BCUT2D eigenvalue weighted by atomic mass is 16.3. The van der Waals surface area contributed by atoms with Gasteiger partial charge in [0.2, 0.25) is 5.91 Å². The number of rotatable bonds is 3. The topological polar surface area (TPSA) is 40.5 Å². The molecule has 1 aromatic carbocycles. The molecule has 1 atom stereocenters. The van der Waals surface area contributed by atoms with Gasteiger partial charge in [0, 0.05) is 14.0 Å². The third-order valence-corrected chi connectivity index (χ3v) is 3.38. The molecule has 1 rings (SSSR count). The zero-order valence-electron chi connectivity index (χ0n) is 11.2. The Labute approximate surface area is 103 Å². The molecule has 3 nitrogen and oxygen atoms in total. The van der Waals surface area contributed by atoms with Crippen molar-refractivity contribution in [3.63, 3.8) is 0 Å². The van der Waals surface area contributed by atoms with Gasteiger partial charge in [-0.2, -0.15) is 0 Å². The van der Waals surface area contributed by atoms with Crippen LogP contribution in [0.25, 0.3) is 0 Å². The highest BCUT2D eigenvalue weighted by molar-refractivity contribution is 5.73. The summed E-state index contributed by atoms with van der Waals surface area (Å²) >= 11 is 0. The number of benzene rings is 1. The first-order chi connectivity index (χ1) is 7.88. The third-order valence-electron chi connectivity index (χ3n) is 3.38. The number of aliphatic hydroxyl groups is 1. The molecule has 0 aromatic heterocycles. The molecule has 0 fully saturated rings. The SMILES string of the molecule is CC(=O)N(C)C(CO)c1cc(C)c(C)cc1C. The molecular formula is C14H21NO2. The first-order valence-electron chi connectivity index (χ1n) is 5.80. The van der Waals surface area contributed by atoms with Gasteiger partial charge in [-0.3, -0.25) is 4.79 Å². The number of likely N-dealkylation sites (N-methyl/N-ethyl adjacent to an activating group) is 1. The molecule has 17 heavy (non-hydrogen) atoms. The van der Waals surface area contributed by atoms with Crippen molar-refractivity contribution in [1.82, 2.24) is 4.90 Å². The standard InChI is InChI=1S/C14H21NO2/c1-9-6-11(3)13(7-10(9)2)14(8-16)15(5)12(4)17/h6-7,14,16H,8H2,1-5H3. The number of carbonyl (C=O) groups is 1. The minimum Gasteiger partial charge on any atom is -0.394 e. The van der Waals surface area contributed by atoms with E-state index in [9.17, 15) is 9.90 Å². The minimum absolute atomic E-state index is 0.0401. The Hall–Kier alpha value is -1.35. The number of nitrogens with zero attached hydrogens (tertiary/aromatic N) is 1. The maximum absolute atomic E-state index is 11.4. The predicted octanol–water partition coefficient (Wildman–Crippen LogP) is 2.12. The molecule has 0 saturated carbocycles. The summed E-state index contributed by atoms with van der Waals surface area (Å²) in [6.45, 7) is 7.58. The van der Waals surface area contributed by atoms with Gasteiger partial charge >= 0.3 is 0 Å². The summed E-state index contributed by atoms with van der Waals surface area (Å²) in [7, 11) is 1.72. The average molecular weight is 235 g/mol. The van der Waals surface area contributed by atoms with Crippen LogP contribution in [0, 0.1) is 20.8 Å². The molecule has 0 aliphatic heterocycles. The van der Waals surface area contributed by atoms with E-state index in [0.29, 0.717) is 0 Å². The van der Waals surface area contributed by atoms with Crippen LogP contribution in [0.4, 0.5) is 0 Å². The van der Waals surface area contributed by atoms with Gasteiger partial charge in [-0.15, -0.1) is 0 Å². The van der Waals surface area contributed by atoms with E-state index < -0.39 is 0 Å². The minimum atomic E-state index is -0.258. The molecule has 0 radical (unpaired) electrons. The second-order valence-electron chi connectivity index (χ2n) is 4.62. The van der Waals surface area contributed by atoms with Crippen LogP contribution in [0.5, 0.6) is 0 Å². The Kier molecular flexibility index (Phi) is 4.29. The Morgan fingerprint density at radius 1 is 1.24 bits per heavy atom. The van der Waals surface area contributed by atoms with Gasteiger partial charge in [-0.05, 0) is 43.0 Å². The zero-order chi connectivity index (χ0) is 13.2. The number of aryl methyl sites for hydroxylation is 3. The van der Waals surface area contributed by atoms with Crippen molar-refractivity contribution in [2.75, 3.05) is 13.7 Å². The molecule has 0 heterocycles. The summed E-state index contributed by atoms with van der Waals surface area (Å²) in [5, 5.41) is 9.49. The van der Waals surface area contributed by atoms with E-state index in [1.54, 1.807) is 11.9 Å². The van der Waals surface area contributed by atoms with Gasteiger partial charge in [-0.25, -0.2) is 0 Å². The second kappa shape index (κ2) is 5.32.